The molecule has 1 heterocycles. The van der Waals surface area contributed by atoms with Crippen molar-refractivity contribution in [2.75, 3.05) is 13.2 Å². The van der Waals surface area contributed by atoms with Crippen molar-refractivity contribution < 1.29 is 13.9 Å². The van der Waals surface area contributed by atoms with E-state index in [4.69, 9.17) is 10.5 Å². The van der Waals surface area contributed by atoms with Crippen molar-refractivity contribution in [1.29, 1.82) is 0 Å². The van der Waals surface area contributed by atoms with E-state index < -0.39 is 11.7 Å². The van der Waals surface area contributed by atoms with Crippen LogP contribution in [0.4, 0.5) is 4.39 Å². The molecule has 1 aliphatic rings. The van der Waals surface area contributed by atoms with Gasteiger partial charge in [0.1, 0.15) is 5.82 Å². The molecule has 1 aromatic rings. The number of nitrogens with one attached hydrogen (secondary N) is 1. The number of carbonyl (C=O) groups is 1. The first-order valence-electron chi connectivity index (χ1n) is 6.57. The van der Waals surface area contributed by atoms with E-state index in [-0.39, 0.29) is 5.56 Å². The predicted octanol–water partition coefficient (Wildman–Crippen LogP) is 1.58. The fraction of sp³-hybridized carbons (Fsp3) is 0.500. The SMILES string of the molecule is NC(=O)c1ccc(CNCCC2CCCO2)c(F)c1. The maximum atomic E-state index is 13.7. The smallest absolute Gasteiger partial charge is 0.248 e. The molecule has 1 aliphatic heterocycles. The summed E-state index contributed by atoms with van der Waals surface area (Å²) in [4.78, 5) is 10.9. The van der Waals surface area contributed by atoms with Gasteiger partial charge in [-0.3, -0.25) is 4.79 Å². The number of hydrogen-bond acceptors (Lipinski definition) is 3. The van der Waals surface area contributed by atoms with Gasteiger partial charge >= 0.3 is 0 Å². The Morgan fingerprint density at radius 3 is 3.00 bits per heavy atom. The molecule has 0 bridgehead atoms. The zero-order valence-corrected chi connectivity index (χ0v) is 10.8. The summed E-state index contributed by atoms with van der Waals surface area (Å²) in [6.45, 7) is 2.09. The number of amides is 1. The molecule has 5 heteroatoms. The topological polar surface area (TPSA) is 64.4 Å². The van der Waals surface area contributed by atoms with Gasteiger partial charge in [-0.1, -0.05) is 6.07 Å². The van der Waals surface area contributed by atoms with Crippen molar-refractivity contribution >= 4 is 5.91 Å². The predicted molar refractivity (Wildman–Crippen MR) is 70.2 cm³/mol. The third kappa shape index (κ3) is 4.01. The Kier molecular flexibility index (Phi) is 4.87. The molecule has 1 aromatic carbocycles. The Bertz CT molecular complexity index is 445. The second-order valence-corrected chi connectivity index (χ2v) is 4.77. The highest BCUT2D eigenvalue weighted by Crippen LogP contribution is 2.15. The van der Waals surface area contributed by atoms with Crippen LogP contribution in [0.2, 0.25) is 0 Å². The highest BCUT2D eigenvalue weighted by Gasteiger charge is 2.14. The van der Waals surface area contributed by atoms with E-state index in [0.29, 0.717) is 18.2 Å². The Hall–Kier alpha value is -1.46. The Morgan fingerprint density at radius 2 is 2.37 bits per heavy atom. The maximum Gasteiger partial charge on any atom is 0.248 e. The molecule has 1 unspecified atom stereocenters. The summed E-state index contributed by atoms with van der Waals surface area (Å²) in [6, 6.07) is 4.32. The van der Waals surface area contributed by atoms with Gasteiger partial charge in [0.05, 0.1) is 6.10 Å². The molecule has 1 fully saturated rings. The summed E-state index contributed by atoms with van der Waals surface area (Å²) in [7, 11) is 0. The second-order valence-electron chi connectivity index (χ2n) is 4.77. The molecule has 4 nitrogen and oxygen atoms in total. The Labute approximate surface area is 112 Å². The number of rotatable bonds is 6. The van der Waals surface area contributed by atoms with Gasteiger partial charge in [0.2, 0.25) is 5.91 Å². The summed E-state index contributed by atoms with van der Waals surface area (Å²) in [6.07, 6.45) is 3.53. The fourth-order valence-electron chi connectivity index (χ4n) is 2.20. The molecule has 0 radical (unpaired) electrons. The highest BCUT2D eigenvalue weighted by atomic mass is 19.1. The van der Waals surface area contributed by atoms with Crippen molar-refractivity contribution in [2.45, 2.75) is 31.9 Å². The molecule has 0 saturated carbocycles. The van der Waals surface area contributed by atoms with Crippen LogP contribution in [0.5, 0.6) is 0 Å². The Morgan fingerprint density at radius 1 is 1.53 bits per heavy atom. The van der Waals surface area contributed by atoms with E-state index in [1.165, 1.54) is 6.07 Å². The van der Waals surface area contributed by atoms with Crippen molar-refractivity contribution in [3.05, 3.63) is 35.1 Å². The summed E-state index contributed by atoms with van der Waals surface area (Å²) in [5.74, 6) is -1.02. The van der Waals surface area contributed by atoms with E-state index in [2.05, 4.69) is 5.32 Å². The number of nitrogens with two attached hydrogens (primary N) is 1. The number of carbonyl (C=O) groups excluding carboxylic acids is 1. The van der Waals surface area contributed by atoms with Crippen molar-refractivity contribution in [1.82, 2.24) is 5.32 Å². The quantitative estimate of drug-likeness (QED) is 0.768. The lowest BCUT2D eigenvalue weighted by Gasteiger charge is -2.10. The third-order valence-electron chi connectivity index (χ3n) is 3.32. The minimum absolute atomic E-state index is 0.195. The molecule has 2 rings (SSSR count). The summed E-state index contributed by atoms with van der Waals surface area (Å²) in [5, 5.41) is 3.18. The summed E-state index contributed by atoms with van der Waals surface area (Å²) < 4.78 is 19.2. The molecule has 3 N–H and O–H groups in total. The molecular weight excluding hydrogens is 247 g/mol. The minimum atomic E-state index is -0.614. The first-order valence-corrected chi connectivity index (χ1v) is 6.57. The van der Waals surface area contributed by atoms with Crippen molar-refractivity contribution in [3.63, 3.8) is 0 Å². The number of halogens is 1. The van der Waals surface area contributed by atoms with Crippen LogP contribution in [0, 0.1) is 5.82 Å². The minimum Gasteiger partial charge on any atom is -0.378 e. The first-order chi connectivity index (χ1) is 9.16. The highest BCUT2D eigenvalue weighted by molar-refractivity contribution is 5.92. The molecular formula is C14H19FN2O2. The molecule has 1 saturated heterocycles. The standard InChI is InChI=1S/C14H19FN2O2/c15-13-8-10(14(16)18)3-4-11(13)9-17-6-5-12-2-1-7-19-12/h3-4,8,12,17H,1-2,5-7,9H2,(H2,16,18). The number of ether oxygens (including phenoxy) is 1. The van der Waals surface area contributed by atoms with Crippen LogP contribution < -0.4 is 11.1 Å². The van der Waals surface area contributed by atoms with Crippen LogP contribution in [-0.4, -0.2) is 25.2 Å². The molecule has 0 aromatic heterocycles. The van der Waals surface area contributed by atoms with Crippen molar-refractivity contribution in [2.24, 2.45) is 5.73 Å². The molecule has 0 aliphatic carbocycles. The molecule has 1 amide bonds. The normalized spacial score (nSPS) is 18.7. The lowest BCUT2D eigenvalue weighted by atomic mass is 10.1. The zero-order chi connectivity index (χ0) is 13.7. The van der Waals surface area contributed by atoms with Crippen LogP contribution >= 0.6 is 0 Å². The average molecular weight is 266 g/mol. The van der Waals surface area contributed by atoms with Gasteiger partial charge in [-0.2, -0.15) is 0 Å². The lowest BCUT2D eigenvalue weighted by Crippen LogP contribution is -2.20. The Balaban J connectivity index is 1.77. The molecule has 104 valence electrons. The monoisotopic (exact) mass is 266 g/mol. The van der Waals surface area contributed by atoms with Crippen LogP contribution in [0.3, 0.4) is 0 Å². The zero-order valence-electron chi connectivity index (χ0n) is 10.8. The first kappa shape index (κ1) is 14.0. The number of primary amides is 1. The average Bonchev–Trinajstić information content (AvgIpc) is 2.89. The van der Waals surface area contributed by atoms with E-state index in [0.717, 1.165) is 32.4 Å². The maximum absolute atomic E-state index is 13.7. The second kappa shape index (κ2) is 6.63. The van der Waals surface area contributed by atoms with E-state index in [1.807, 2.05) is 0 Å². The van der Waals surface area contributed by atoms with Gasteiger partial charge < -0.3 is 15.8 Å². The van der Waals surface area contributed by atoms with Gasteiger partial charge in [-0.15, -0.1) is 0 Å². The van der Waals surface area contributed by atoms with Crippen molar-refractivity contribution in [3.8, 4) is 0 Å². The van der Waals surface area contributed by atoms with Crippen LogP contribution in [0.25, 0.3) is 0 Å². The van der Waals surface area contributed by atoms with Crippen LogP contribution in [0.1, 0.15) is 35.2 Å². The molecule has 19 heavy (non-hydrogen) atoms. The van der Waals surface area contributed by atoms with Gasteiger partial charge in [0.25, 0.3) is 0 Å². The van der Waals surface area contributed by atoms with Gasteiger partial charge in [0, 0.05) is 24.3 Å². The largest absolute Gasteiger partial charge is 0.378 e. The van der Waals surface area contributed by atoms with Crippen LogP contribution in [0.15, 0.2) is 18.2 Å². The molecule has 0 spiro atoms. The third-order valence-corrected chi connectivity index (χ3v) is 3.32. The van der Waals surface area contributed by atoms with E-state index in [9.17, 15) is 9.18 Å². The summed E-state index contributed by atoms with van der Waals surface area (Å²) in [5.41, 5.74) is 5.82. The molecule has 1 atom stereocenters. The van der Waals surface area contributed by atoms with Gasteiger partial charge in [-0.25, -0.2) is 4.39 Å². The fourth-order valence-corrected chi connectivity index (χ4v) is 2.20. The summed E-state index contributed by atoms with van der Waals surface area (Å²) >= 11 is 0. The van der Waals surface area contributed by atoms with Gasteiger partial charge in [-0.05, 0) is 37.9 Å². The van der Waals surface area contributed by atoms with Crippen LogP contribution in [-0.2, 0) is 11.3 Å². The number of benzene rings is 1. The van der Waals surface area contributed by atoms with E-state index in [1.54, 1.807) is 12.1 Å². The lowest BCUT2D eigenvalue weighted by molar-refractivity contribution is 0.0999. The number of hydrogen-bond donors (Lipinski definition) is 2. The van der Waals surface area contributed by atoms with E-state index >= 15 is 0 Å². The van der Waals surface area contributed by atoms with Gasteiger partial charge in [0.15, 0.2) is 0 Å².